The summed E-state index contributed by atoms with van der Waals surface area (Å²) in [4.78, 5) is 26.1. The van der Waals surface area contributed by atoms with E-state index in [9.17, 15) is 9.59 Å². The van der Waals surface area contributed by atoms with Gasteiger partial charge in [0, 0.05) is 9.26 Å². The maximum atomic E-state index is 12.7. The van der Waals surface area contributed by atoms with Crippen LogP contribution in [0.1, 0.15) is 6.92 Å². The third kappa shape index (κ3) is 3.64. The summed E-state index contributed by atoms with van der Waals surface area (Å²) in [6.45, 7) is 2.42. The van der Waals surface area contributed by atoms with Crippen molar-refractivity contribution < 1.29 is 14.3 Å². The summed E-state index contributed by atoms with van der Waals surface area (Å²) in [5.41, 5.74) is 1.20. The van der Waals surface area contributed by atoms with Gasteiger partial charge in [-0.25, -0.2) is 4.90 Å². The number of amides is 2. The fraction of sp³-hybridized carbons (Fsp3) is 0.111. The van der Waals surface area contributed by atoms with Crippen LogP contribution in [0.2, 0.25) is 0 Å². The molecule has 2 aromatic rings. The first-order valence-corrected chi connectivity index (χ1v) is 9.01. The Bertz CT molecular complexity index is 848. The van der Waals surface area contributed by atoms with E-state index in [1.165, 1.54) is 0 Å². The van der Waals surface area contributed by atoms with Crippen molar-refractivity contribution >= 4 is 57.4 Å². The van der Waals surface area contributed by atoms with Gasteiger partial charge in [-0.3, -0.25) is 9.59 Å². The summed E-state index contributed by atoms with van der Waals surface area (Å²) < 4.78 is 6.43. The van der Waals surface area contributed by atoms with E-state index in [2.05, 4.69) is 27.9 Å². The minimum Gasteiger partial charge on any atom is -0.494 e. The highest BCUT2D eigenvalue weighted by Crippen LogP contribution is 2.31. The third-order valence-corrected chi connectivity index (χ3v) is 4.62. The van der Waals surface area contributed by atoms with Gasteiger partial charge in [0.05, 0.1) is 12.3 Å². The number of nitrogens with one attached hydrogen (secondary N) is 1. The molecule has 0 bridgehead atoms. The fourth-order valence-electron chi connectivity index (χ4n) is 2.38. The normalized spacial score (nSPS) is 14.3. The SMILES string of the molecule is CCOc1ccc(N2C(=O)C(Cl)=C(Nc3ccc(I)cc3)C2=O)cc1. The minimum atomic E-state index is -0.552. The molecule has 0 aliphatic carbocycles. The molecule has 0 atom stereocenters. The van der Waals surface area contributed by atoms with Crippen LogP contribution in [0.3, 0.4) is 0 Å². The van der Waals surface area contributed by atoms with Crippen LogP contribution in [0.25, 0.3) is 0 Å². The van der Waals surface area contributed by atoms with E-state index in [1.54, 1.807) is 24.3 Å². The Morgan fingerprint density at radius 3 is 2.28 bits per heavy atom. The number of benzene rings is 2. The minimum absolute atomic E-state index is 0.0711. The molecule has 2 aromatic carbocycles. The molecule has 2 amide bonds. The van der Waals surface area contributed by atoms with Gasteiger partial charge in [-0.1, -0.05) is 11.6 Å². The molecule has 1 heterocycles. The smallest absolute Gasteiger partial charge is 0.283 e. The Morgan fingerprint density at radius 2 is 1.68 bits per heavy atom. The standard InChI is InChI=1S/C18H14ClIN2O3/c1-2-25-14-9-7-13(8-10-14)22-17(23)15(19)16(18(22)24)21-12-5-3-11(20)4-6-12/h3-10,21H,2H2,1H3. The Morgan fingerprint density at radius 1 is 1.04 bits per heavy atom. The molecule has 7 heteroatoms. The van der Waals surface area contributed by atoms with E-state index >= 15 is 0 Å². The van der Waals surface area contributed by atoms with Crippen LogP contribution in [0.4, 0.5) is 11.4 Å². The molecule has 1 N–H and O–H groups in total. The van der Waals surface area contributed by atoms with Crippen LogP contribution in [0.5, 0.6) is 5.75 Å². The van der Waals surface area contributed by atoms with Crippen molar-refractivity contribution in [3.63, 3.8) is 0 Å². The quantitative estimate of drug-likeness (QED) is 0.530. The van der Waals surface area contributed by atoms with Crippen molar-refractivity contribution in [3.05, 3.63) is 62.8 Å². The van der Waals surface area contributed by atoms with E-state index in [0.717, 1.165) is 8.47 Å². The molecule has 0 radical (unpaired) electrons. The molecule has 0 unspecified atom stereocenters. The average Bonchev–Trinajstić information content (AvgIpc) is 2.82. The number of carbonyl (C=O) groups is 2. The van der Waals surface area contributed by atoms with Gasteiger partial charge in [0.2, 0.25) is 0 Å². The van der Waals surface area contributed by atoms with Gasteiger partial charge >= 0.3 is 0 Å². The molecule has 1 aliphatic heterocycles. The molecule has 5 nitrogen and oxygen atoms in total. The van der Waals surface area contributed by atoms with Crippen molar-refractivity contribution in [1.82, 2.24) is 0 Å². The Kier molecular flexibility index (Phi) is 5.29. The zero-order valence-electron chi connectivity index (χ0n) is 13.3. The van der Waals surface area contributed by atoms with Gasteiger partial charge in [-0.15, -0.1) is 0 Å². The number of nitrogens with zero attached hydrogens (tertiary/aromatic N) is 1. The molecular formula is C18H14ClIN2O3. The van der Waals surface area contributed by atoms with Crippen LogP contribution >= 0.6 is 34.2 Å². The molecule has 0 aromatic heterocycles. The summed E-state index contributed by atoms with van der Waals surface area (Å²) in [5, 5.41) is 2.81. The van der Waals surface area contributed by atoms with E-state index in [1.807, 2.05) is 31.2 Å². The maximum absolute atomic E-state index is 12.7. The molecule has 3 rings (SSSR count). The van der Waals surface area contributed by atoms with Crippen LogP contribution in [-0.2, 0) is 9.59 Å². The number of rotatable bonds is 5. The Balaban J connectivity index is 1.84. The summed E-state index contributed by atoms with van der Waals surface area (Å²) in [7, 11) is 0. The highest BCUT2D eigenvalue weighted by atomic mass is 127. The number of ether oxygens (including phenoxy) is 1. The predicted octanol–water partition coefficient (Wildman–Crippen LogP) is 4.13. The van der Waals surface area contributed by atoms with Crippen LogP contribution in [0, 0.1) is 3.57 Å². The van der Waals surface area contributed by atoms with Crippen LogP contribution in [-0.4, -0.2) is 18.4 Å². The molecule has 128 valence electrons. The van der Waals surface area contributed by atoms with Crippen molar-refractivity contribution in [2.45, 2.75) is 6.92 Å². The lowest BCUT2D eigenvalue weighted by Gasteiger charge is -2.15. The second kappa shape index (κ2) is 7.45. The van der Waals surface area contributed by atoms with Crippen LogP contribution in [0.15, 0.2) is 59.3 Å². The second-order valence-corrected chi connectivity index (χ2v) is 6.82. The van der Waals surface area contributed by atoms with E-state index in [4.69, 9.17) is 16.3 Å². The largest absolute Gasteiger partial charge is 0.494 e. The first kappa shape index (κ1) is 17.8. The maximum Gasteiger partial charge on any atom is 0.283 e. The zero-order chi connectivity index (χ0) is 18.0. The molecule has 0 spiro atoms. The summed E-state index contributed by atoms with van der Waals surface area (Å²) in [5.74, 6) is -0.372. The number of hydrogen-bond donors (Lipinski definition) is 1. The van der Waals surface area contributed by atoms with Gasteiger partial charge in [-0.05, 0) is 78.0 Å². The van der Waals surface area contributed by atoms with Crippen molar-refractivity contribution in [2.75, 3.05) is 16.8 Å². The number of halogens is 2. The number of carbonyl (C=O) groups excluding carboxylic acids is 2. The predicted molar refractivity (Wildman–Crippen MR) is 106 cm³/mol. The highest BCUT2D eigenvalue weighted by molar-refractivity contribution is 14.1. The Labute approximate surface area is 163 Å². The average molecular weight is 469 g/mol. The molecule has 0 saturated carbocycles. The van der Waals surface area contributed by atoms with Gasteiger partial charge in [0.15, 0.2) is 0 Å². The van der Waals surface area contributed by atoms with Crippen LogP contribution < -0.4 is 15.0 Å². The van der Waals surface area contributed by atoms with Gasteiger partial charge in [-0.2, -0.15) is 0 Å². The van der Waals surface area contributed by atoms with Crippen molar-refractivity contribution in [2.24, 2.45) is 0 Å². The zero-order valence-corrected chi connectivity index (χ0v) is 16.2. The van der Waals surface area contributed by atoms with E-state index in [-0.39, 0.29) is 10.7 Å². The molecule has 25 heavy (non-hydrogen) atoms. The molecule has 1 aliphatic rings. The highest BCUT2D eigenvalue weighted by Gasteiger charge is 2.38. The van der Waals surface area contributed by atoms with Crippen molar-refractivity contribution in [3.8, 4) is 5.75 Å². The summed E-state index contributed by atoms with van der Waals surface area (Å²) in [6.07, 6.45) is 0. The third-order valence-electron chi connectivity index (χ3n) is 3.55. The fourth-order valence-corrected chi connectivity index (χ4v) is 2.95. The lowest BCUT2D eigenvalue weighted by molar-refractivity contribution is -0.120. The number of hydrogen-bond acceptors (Lipinski definition) is 4. The van der Waals surface area contributed by atoms with Gasteiger partial charge in [0.25, 0.3) is 11.8 Å². The summed E-state index contributed by atoms with van der Waals surface area (Å²) in [6, 6.07) is 14.1. The number of imide groups is 1. The monoisotopic (exact) mass is 468 g/mol. The first-order chi connectivity index (χ1) is 12.0. The lowest BCUT2D eigenvalue weighted by Crippen LogP contribution is -2.32. The lowest BCUT2D eigenvalue weighted by atomic mass is 10.2. The second-order valence-electron chi connectivity index (χ2n) is 5.19. The molecule has 0 fully saturated rings. The van der Waals surface area contributed by atoms with Crippen molar-refractivity contribution in [1.29, 1.82) is 0 Å². The van der Waals surface area contributed by atoms with Gasteiger partial charge in [0.1, 0.15) is 16.5 Å². The number of anilines is 2. The summed E-state index contributed by atoms with van der Waals surface area (Å²) >= 11 is 8.30. The molecule has 0 saturated heterocycles. The van der Waals surface area contributed by atoms with Gasteiger partial charge < -0.3 is 10.1 Å². The molecular weight excluding hydrogens is 455 g/mol. The first-order valence-electron chi connectivity index (χ1n) is 7.55. The van der Waals surface area contributed by atoms with E-state index < -0.39 is 11.8 Å². The van der Waals surface area contributed by atoms with E-state index in [0.29, 0.717) is 23.7 Å². The topological polar surface area (TPSA) is 58.6 Å². The Hall–Kier alpha value is -2.06.